The first-order chi connectivity index (χ1) is 27.7. The Morgan fingerprint density at radius 3 is 1.46 bits per heavy atom. The molecule has 0 amide bonds. The summed E-state index contributed by atoms with van der Waals surface area (Å²) in [6.45, 7) is 0. The van der Waals surface area contributed by atoms with Crippen LogP contribution in [0.15, 0.2) is 203 Å². The van der Waals surface area contributed by atoms with E-state index in [1.807, 2.05) is 42.5 Å². The summed E-state index contributed by atoms with van der Waals surface area (Å²) in [4.78, 5) is 10.6. The second-order valence-electron chi connectivity index (χ2n) is 14.1. The summed E-state index contributed by atoms with van der Waals surface area (Å²) in [6, 6.07) is 67.3. The van der Waals surface area contributed by atoms with Crippen LogP contribution in [0, 0.1) is 0 Å². The molecule has 3 heterocycles. The molecule has 56 heavy (non-hydrogen) atoms. The van der Waals surface area contributed by atoms with Crippen LogP contribution in [-0.2, 0) is 0 Å². The van der Waals surface area contributed by atoms with Crippen molar-refractivity contribution in [2.75, 3.05) is 0 Å². The zero-order valence-corrected chi connectivity index (χ0v) is 30.2. The molecule has 4 heteroatoms. The van der Waals surface area contributed by atoms with Crippen LogP contribution in [0.25, 0.3) is 111 Å². The van der Waals surface area contributed by atoms with E-state index in [4.69, 9.17) is 18.8 Å². The molecular weight excluding hydrogens is 685 g/mol. The first-order valence-corrected chi connectivity index (χ1v) is 18.8. The van der Waals surface area contributed by atoms with Crippen LogP contribution in [0.1, 0.15) is 0 Å². The number of nitrogens with zero attached hydrogens (tertiary/aromatic N) is 2. The highest BCUT2D eigenvalue weighted by molar-refractivity contribution is 6.11. The van der Waals surface area contributed by atoms with Crippen molar-refractivity contribution in [3.8, 4) is 67.3 Å². The molecule has 11 aromatic rings. The lowest BCUT2D eigenvalue weighted by molar-refractivity contribution is 0.669. The standard InChI is InChI=1S/C52H32N2O2/c1-3-15-33(16-4-1)35-29-36(38-23-13-25-44-41-21-9-11-27-48(41)55-50(38)44)31-37(30-35)46-32-47(54-52(53-46)34-17-5-2-6-18-34)40-20-8-7-19-39(40)43-24-14-26-45-42-22-10-12-28-49(42)56-51(43)45/h1-32H. The molecule has 0 aliphatic rings. The average molecular weight is 717 g/mol. The van der Waals surface area contributed by atoms with E-state index < -0.39 is 0 Å². The number of hydrogen-bond acceptors (Lipinski definition) is 4. The van der Waals surface area contributed by atoms with Crippen LogP contribution >= 0.6 is 0 Å². The zero-order chi connectivity index (χ0) is 37.0. The number of rotatable bonds is 6. The van der Waals surface area contributed by atoms with Gasteiger partial charge in [-0.2, -0.15) is 0 Å². The number of para-hydroxylation sites is 4. The van der Waals surface area contributed by atoms with Gasteiger partial charge in [-0.05, 0) is 58.7 Å². The molecule has 0 fully saturated rings. The minimum atomic E-state index is 0.654. The second kappa shape index (κ2) is 13.1. The number of aromatic nitrogens is 2. The molecule has 8 aromatic carbocycles. The third-order valence-electron chi connectivity index (χ3n) is 10.7. The molecule has 0 aliphatic carbocycles. The van der Waals surface area contributed by atoms with E-state index in [-0.39, 0.29) is 0 Å². The second-order valence-corrected chi connectivity index (χ2v) is 14.1. The van der Waals surface area contributed by atoms with Crippen molar-refractivity contribution >= 4 is 43.9 Å². The van der Waals surface area contributed by atoms with Crippen molar-refractivity contribution in [3.05, 3.63) is 194 Å². The Kier molecular flexibility index (Phi) is 7.46. The Labute approximate surface area is 323 Å². The summed E-state index contributed by atoms with van der Waals surface area (Å²) in [6.07, 6.45) is 0. The van der Waals surface area contributed by atoms with Crippen molar-refractivity contribution in [2.45, 2.75) is 0 Å². The highest BCUT2D eigenvalue weighted by atomic mass is 16.3. The first kappa shape index (κ1) is 31.9. The summed E-state index contributed by atoms with van der Waals surface area (Å²) in [7, 11) is 0. The minimum Gasteiger partial charge on any atom is -0.455 e. The molecule has 0 spiro atoms. The topological polar surface area (TPSA) is 52.1 Å². The van der Waals surface area contributed by atoms with E-state index in [9.17, 15) is 0 Å². The number of benzene rings is 8. The summed E-state index contributed by atoms with van der Waals surface area (Å²) in [5.41, 5.74) is 14.4. The van der Waals surface area contributed by atoms with E-state index in [2.05, 4.69) is 152 Å². The summed E-state index contributed by atoms with van der Waals surface area (Å²) >= 11 is 0. The van der Waals surface area contributed by atoms with Crippen molar-refractivity contribution in [1.29, 1.82) is 0 Å². The van der Waals surface area contributed by atoms with Crippen molar-refractivity contribution in [2.24, 2.45) is 0 Å². The molecule has 0 saturated carbocycles. The van der Waals surface area contributed by atoms with E-state index >= 15 is 0 Å². The Morgan fingerprint density at radius 1 is 0.286 bits per heavy atom. The largest absolute Gasteiger partial charge is 0.455 e. The van der Waals surface area contributed by atoms with Crippen LogP contribution in [0.5, 0.6) is 0 Å². The maximum Gasteiger partial charge on any atom is 0.160 e. The van der Waals surface area contributed by atoms with Gasteiger partial charge in [0.25, 0.3) is 0 Å². The fourth-order valence-electron chi connectivity index (χ4n) is 8.05. The average Bonchev–Trinajstić information content (AvgIpc) is 3.86. The smallest absolute Gasteiger partial charge is 0.160 e. The maximum absolute atomic E-state index is 6.55. The lowest BCUT2D eigenvalue weighted by Gasteiger charge is -2.15. The molecule has 0 atom stereocenters. The van der Waals surface area contributed by atoms with Crippen LogP contribution in [0.4, 0.5) is 0 Å². The van der Waals surface area contributed by atoms with E-state index in [0.29, 0.717) is 5.82 Å². The van der Waals surface area contributed by atoms with Gasteiger partial charge in [-0.3, -0.25) is 0 Å². The molecule has 0 unspecified atom stereocenters. The van der Waals surface area contributed by atoms with Crippen molar-refractivity contribution in [1.82, 2.24) is 9.97 Å². The van der Waals surface area contributed by atoms with Crippen LogP contribution < -0.4 is 0 Å². The van der Waals surface area contributed by atoms with Gasteiger partial charge in [0, 0.05) is 49.4 Å². The maximum atomic E-state index is 6.55. The first-order valence-electron chi connectivity index (χ1n) is 18.8. The van der Waals surface area contributed by atoms with E-state index in [1.165, 1.54) is 0 Å². The van der Waals surface area contributed by atoms with Crippen LogP contribution in [0.2, 0.25) is 0 Å². The van der Waals surface area contributed by atoms with Crippen LogP contribution in [-0.4, -0.2) is 9.97 Å². The molecular formula is C52H32N2O2. The lowest BCUT2D eigenvalue weighted by Crippen LogP contribution is -1.97. The normalized spacial score (nSPS) is 11.6. The van der Waals surface area contributed by atoms with Crippen LogP contribution in [0.3, 0.4) is 0 Å². The van der Waals surface area contributed by atoms with Crippen molar-refractivity contribution in [3.63, 3.8) is 0 Å². The number of fused-ring (bicyclic) bond motifs is 6. The fourth-order valence-corrected chi connectivity index (χ4v) is 8.05. The zero-order valence-electron chi connectivity index (χ0n) is 30.2. The predicted octanol–water partition coefficient (Wildman–Crippen LogP) is 14.3. The van der Waals surface area contributed by atoms with E-state index in [0.717, 1.165) is 105 Å². The molecule has 0 saturated heterocycles. The molecule has 0 radical (unpaired) electrons. The molecule has 3 aromatic heterocycles. The molecule has 11 rings (SSSR count). The summed E-state index contributed by atoms with van der Waals surface area (Å²) in [5.74, 6) is 0.654. The third-order valence-corrected chi connectivity index (χ3v) is 10.7. The van der Waals surface area contributed by atoms with Gasteiger partial charge in [0.15, 0.2) is 5.82 Å². The monoisotopic (exact) mass is 716 g/mol. The molecule has 0 N–H and O–H groups in total. The van der Waals surface area contributed by atoms with Crippen molar-refractivity contribution < 1.29 is 8.83 Å². The Hall–Kier alpha value is -7.56. The molecule has 0 bridgehead atoms. The van der Waals surface area contributed by atoms with Gasteiger partial charge < -0.3 is 8.83 Å². The Morgan fingerprint density at radius 2 is 0.768 bits per heavy atom. The highest BCUT2D eigenvalue weighted by Crippen LogP contribution is 2.42. The summed E-state index contributed by atoms with van der Waals surface area (Å²) < 4.78 is 13.1. The number of hydrogen-bond donors (Lipinski definition) is 0. The highest BCUT2D eigenvalue weighted by Gasteiger charge is 2.20. The van der Waals surface area contributed by atoms with Gasteiger partial charge in [0.05, 0.1) is 11.4 Å². The quantitative estimate of drug-likeness (QED) is 0.172. The van der Waals surface area contributed by atoms with Gasteiger partial charge in [0.1, 0.15) is 22.3 Å². The fraction of sp³-hybridized carbons (Fsp3) is 0. The predicted molar refractivity (Wildman–Crippen MR) is 229 cm³/mol. The SMILES string of the molecule is c1ccc(-c2cc(-c3cc(-c4ccccc4-c4cccc5c4oc4ccccc45)nc(-c4ccccc4)n3)cc(-c3cccc4c3oc3ccccc34)c2)cc1. The van der Waals surface area contributed by atoms with Gasteiger partial charge in [-0.25, -0.2) is 9.97 Å². The minimum absolute atomic E-state index is 0.654. The third kappa shape index (κ3) is 5.39. The number of furan rings is 2. The Balaban J connectivity index is 1.15. The van der Waals surface area contributed by atoms with Gasteiger partial charge in [-0.15, -0.1) is 0 Å². The van der Waals surface area contributed by atoms with Gasteiger partial charge in [0.2, 0.25) is 0 Å². The van der Waals surface area contributed by atoms with Gasteiger partial charge >= 0.3 is 0 Å². The lowest BCUT2D eigenvalue weighted by atomic mass is 9.92. The van der Waals surface area contributed by atoms with E-state index in [1.54, 1.807) is 0 Å². The molecule has 4 nitrogen and oxygen atoms in total. The molecule has 262 valence electrons. The molecule has 0 aliphatic heterocycles. The summed E-state index contributed by atoms with van der Waals surface area (Å²) in [5, 5.41) is 4.39. The Bertz CT molecular complexity index is 3250. The van der Waals surface area contributed by atoms with Gasteiger partial charge in [-0.1, -0.05) is 158 Å².